The Hall–Kier alpha value is -0.510. The lowest BCUT2D eigenvalue weighted by atomic mass is 10.0. The first-order valence-electron chi connectivity index (χ1n) is 3.17. The molecule has 4 heteroatoms. The zero-order valence-electron chi connectivity index (χ0n) is 5.66. The second-order valence-electron chi connectivity index (χ2n) is 2.61. The highest BCUT2D eigenvalue weighted by molar-refractivity contribution is 5.88. The molecular formula is C6H9F2NO. The van der Waals surface area contributed by atoms with E-state index in [4.69, 9.17) is 0 Å². The number of hydrogen-bond donors (Lipinski definition) is 1. The molecule has 1 N–H and O–H groups in total. The van der Waals surface area contributed by atoms with Gasteiger partial charge in [0.25, 0.3) is 0 Å². The van der Waals surface area contributed by atoms with Crippen LogP contribution in [0.4, 0.5) is 8.78 Å². The van der Waals surface area contributed by atoms with Crippen molar-refractivity contribution in [2.75, 3.05) is 6.54 Å². The summed E-state index contributed by atoms with van der Waals surface area (Å²) in [5, 5.41) is 2.66. The van der Waals surface area contributed by atoms with E-state index in [2.05, 4.69) is 5.32 Å². The van der Waals surface area contributed by atoms with Gasteiger partial charge in [-0.05, 0) is 6.92 Å². The van der Waals surface area contributed by atoms with Crippen LogP contribution in [0.1, 0.15) is 13.3 Å². The molecule has 1 fully saturated rings. The number of piperidine rings is 1. The Balaban J connectivity index is 2.63. The Morgan fingerprint density at radius 1 is 1.70 bits per heavy atom. The number of Topliss-reactive ketones (excluding diaryl/α,β-unsaturated/α-hetero) is 1. The molecule has 1 heterocycles. The molecule has 0 bridgehead atoms. The standard InChI is InChI=1S/C6H9F2NO/c1-4-2-6(7,8)5(10)3-9-4/h4,9H,2-3H2,1H3. The normalized spacial score (nSPS) is 32.3. The Bertz CT molecular complexity index is 158. The number of carbonyl (C=O) groups is 1. The van der Waals surface area contributed by atoms with Gasteiger partial charge in [-0.25, -0.2) is 0 Å². The first-order valence-corrected chi connectivity index (χ1v) is 3.17. The molecule has 10 heavy (non-hydrogen) atoms. The van der Waals surface area contributed by atoms with Gasteiger partial charge in [0.15, 0.2) is 0 Å². The second-order valence-corrected chi connectivity index (χ2v) is 2.61. The molecule has 0 aromatic heterocycles. The van der Waals surface area contributed by atoms with Gasteiger partial charge in [0, 0.05) is 12.5 Å². The third kappa shape index (κ3) is 1.31. The maximum absolute atomic E-state index is 12.5. The van der Waals surface area contributed by atoms with Crippen LogP contribution in [0.3, 0.4) is 0 Å². The summed E-state index contributed by atoms with van der Waals surface area (Å²) in [4.78, 5) is 10.4. The van der Waals surface area contributed by atoms with Crippen LogP contribution in [0.25, 0.3) is 0 Å². The molecule has 1 rings (SSSR count). The lowest BCUT2D eigenvalue weighted by Crippen LogP contribution is -2.49. The van der Waals surface area contributed by atoms with Crippen LogP contribution in [0.5, 0.6) is 0 Å². The van der Waals surface area contributed by atoms with Crippen LogP contribution in [-0.4, -0.2) is 24.3 Å². The van der Waals surface area contributed by atoms with Crippen LogP contribution < -0.4 is 5.32 Å². The van der Waals surface area contributed by atoms with Crippen molar-refractivity contribution in [2.45, 2.75) is 25.3 Å². The zero-order valence-corrected chi connectivity index (χ0v) is 5.66. The highest BCUT2D eigenvalue weighted by Crippen LogP contribution is 2.24. The maximum Gasteiger partial charge on any atom is 0.308 e. The van der Waals surface area contributed by atoms with E-state index in [0.29, 0.717) is 0 Å². The van der Waals surface area contributed by atoms with Gasteiger partial charge in [-0.15, -0.1) is 0 Å². The van der Waals surface area contributed by atoms with Crippen molar-refractivity contribution in [1.82, 2.24) is 5.32 Å². The molecule has 0 aromatic carbocycles. The highest BCUT2D eigenvalue weighted by Gasteiger charge is 2.42. The van der Waals surface area contributed by atoms with Crippen molar-refractivity contribution in [3.63, 3.8) is 0 Å². The number of alkyl halides is 2. The fourth-order valence-corrected chi connectivity index (χ4v) is 0.967. The van der Waals surface area contributed by atoms with Crippen LogP contribution in [0.2, 0.25) is 0 Å². The van der Waals surface area contributed by atoms with Crippen molar-refractivity contribution >= 4 is 5.78 Å². The molecule has 0 saturated carbocycles. The van der Waals surface area contributed by atoms with Gasteiger partial charge >= 0.3 is 5.92 Å². The molecule has 1 saturated heterocycles. The lowest BCUT2D eigenvalue weighted by molar-refractivity contribution is -0.147. The van der Waals surface area contributed by atoms with E-state index in [0.717, 1.165) is 0 Å². The molecule has 0 radical (unpaired) electrons. The summed E-state index contributed by atoms with van der Waals surface area (Å²) in [7, 11) is 0. The first kappa shape index (κ1) is 7.60. The monoisotopic (exact) mass is 149 g/mol. The molecule has 1 unspecified atom stereocenters. The van der Waals surface area contributed by atoms with Gasteiger partial charge in [0.1, 0.15) is 0 Å². The topological polar surface area (TPSA) is 29.1 Å². The molecule has 0 spiro atoms. The minimum absolute atomic E-state index is 0.200. The first-order chi connectivity index (χ1) is 4.52. The van der Waals surface area contributed by atoms with Crippen molar-refractivity contribution < 1.29 is 13.6 Å². The van der Waals surface area contributed by atoms with Crippen molar-refractivity contribution in [3.8, 4) is 0 Å². The number of nitrogens with one attached hydrogen (secondary N) is 1. The second kappa shape index (κ2) is 2.27. The molecule has 1 aliphatic rings. The summed E-state index contributed by atoms with van der Waals surface area (Å²) in [6, 6.07) is -0.257. The van der Waals surface area contributed by atoms with E-state index in [-0.39, 0.29) is 19.0 Å². The van der Waals surface area contributed by atoms with Gasteiger partial charge in [0.05, 0.1) is 6.54 Å². The maximum atomic E-state index is 12.5. The Morgan fingerprint density at radius 3 is 2.70 bits per heavy atom. The number of ketones is 1. The molecule has 1 atom stereocenters. The van der Waals surface area contributed by atoms with Gasteiger partial charge in [-0.2, -0.15) is 8.78 Å². The number of rotatable bonds is 0. The van der Waals surface area contributed by atoms with Crippen LogP contribution in [0, 0.1) is 0 Å². The van der Waals surface area contributed by atoms with Crippen molar-refractivity contribution in [2.24, 2.45) is 0 Å². The predicted molar refractivity (Wildman–Crippen MR) is 32.0 cm³/mol. The van der Waals surface area contributed by atoms with Crippen molar-refractivity contribution in [3.05, 3.63) is 0 Å². The zero-order chi connectivity index (χ0) is 7.78. The quantitative estimate of drug-likeness (QED) is 0.545. The molecular weight excluding hydrogens is 140 g/mol. The number of halogens is 2. The Kier molecular flexibility index (Phi) is 1.72. The largest absolute Gasteiger partial charge is 0.308 e. The Labute approximate surface area is 57.6 Å². The minimum atomic E-state index is -3.09. The SMILES string of the molecule is CC1CC(F)(F)C(=O)CN1. The van der Waals surface area contributed by atoms with E-state index in [1.54, 1.807) is 6.92 Å². The Morgan fingerprint density at radius 2 is 2.30 bits per heavy atom. The summed E-state index contributed by atoms with van der Waals surface area (Å²) < 4.78 is 24.9. The molecule has 0 amide bonds. The fraction of sp³-hybridized carbons (Fsp3) is 0.833. The van der Waals surface area contributed by atoms with E-state index in [1.807, 2.05) is 0 Å². The van der Waals surface area contributed by atoms with Crippen molar-refractivity contribution in [1.29, 1.82) is 0 Å². The van der Waals surface area contributed by atoms with Gasteiger partial charge < -0.3 is 5.32 Å². The van der Waals surface area contributed by atoms with Crippen LogP contribution >= 0.6 is 0 Å². The molecule has 58 valence electrons. The average molecular weight is 149 g/mol. The van der Waals surface area contributed by atoms with E-state index in [9.17, 15) is 13.6 Å². The van der Waals surface area contributed by atoms with E-state index < -0.39 is 11.7 Å². The predicted octanol–water partition coefficient (Wildman–Crippen LogP) is 0.573. The summed E-state index contributed by atoms with van der Waals surface area (Å²) in [5.74, 6) is -4.09. The summed E-state index contributed by atoms with van der Waals surface area (Å²) in [5.41, 5.74) is 0. The molecule has 0 aliphatic carbocycles. The lowest BCUT2D eigenvalue weighted by Gasteiger charge is -2.25. The summed E-state index contributed by atoms with van der Waals surface area (Å²) in [6.45, 7) is 1.44. The van der Waals surface area contributed by atoms with Gasteiger partial charge in [0.2, 0.25) is 5.78 Å². The fourth-order valence-electron chi connectivity index (χ4n) is 0.967. The van der Waals surface area contributed by atoms with Gasteiger partial charge in [-0.3, -0.25) is 4.79 Å². The van der Waals surface area contributed by atoms with Crippen LogP contribution in [0.15, 0.2) is 0 Å². The minimum Gasteiger partial charge on any atom is -0.307 e. The average Bonchev–Trinajstić information content (AvgIpc) is 1.78. The third-order valence-electron chi connectivity index (χ3n) is 1.58. The molecule has 0 aromatic rings. The van der Waals surface area contributed by atoms with Crippen LogP contribution in [-0.2, 0) is 4.79 Å². The number of carbonyl (C=O) groups excluding carboxylic acids is 1. The molecule has 2 nitrogen and oxygen atoms in total. The van der Waals surface area contributed by atoms with E-state index >= 15 is 0 Å². The van der Waals surface area contributed by atoms with E-state index in [1.165, 1.54) is 0 Å². The third-order valence-corrected chi connectivity index (χ3v) is 1.58. The number of hydrogen-bond acceptors (Lipinski definition) is 2. The smallest absolute Gasteiger partial charge is 0.307 e. The molecule has 1 aliphatic heterocycles. The van der Waals surface area contributed by atoms with Gasteiger partial charge in [-0.1, -0.05) is 0 Å². The summed E-state index contributed by atoms with van der Waals surface area (Å²) >= 11 is 0. The summed E-state index contributed by atoms with van der Waals surface area (Å²) in [6.07, 6.45) is -0.369. The highest BCUT2D eigenvalue weighted by atomic mass is 19.3.